The van der Waals surface area contributed by atoms with Crippen LogP contribution in [0.1, 0.15) is 63.0 Å². The number of rotatable bonds is 4. The van der Waals surface area contributed by atoms with E-state index in [0.29, 0.717) is 17.0 Å². The fourth-order valence-corrected chi connectivity index (χ4v) is 7.28. The SMILES string of the molecule is O=c1cc(NC23CC4CC(CC(C4)C2)C3)nc2c(-c3ccc(F)cc3F)c(C3CC3)[nH]n12. The summed E-state index contributed by atoms with van der Waals surface area (Å²) in [5.41, 5.74) is 1.90. The average molecular weight is 437 g/mol. The zero-order chi connectivity index (χ0) is 21.6. The Bertz CT molecular complexity index is 1270. The molecule has 0 aliphatic heterocycles. The zero-order valence-corrected chi connectivity index (χ0v) is 17.8. The summed E-state index contributed by atoms with van der Waals surface area (Å²) in [7, 11) is 0. The van der Waals surface area contributed by atoms with Crippen molar-refractivity contribution >= 4 is 11.5 Å². The van der Waals surface area contributed by atoms with Gasteiger partial charge < -0.3 is 5.32 Å². The summed E-state index contributed by atoms with van der Waals surface area (Å²) in [6, 6.07) is 5.16. The van der Waals surface area contributed by atoms with Crippen molar-refractivity contribution in [2.24, 2.45) is 17.8 Å². The molecular weight excluding hydrogens is 410 g/mol. The summed E-state index contributed by atoms with van der Waals surface area (Å²) in [5, 5.41) is 6.86. The molecule has 0 saturated heterocycles. The molecule has 0 atom stereocenters. The van der Waals surface area contributed by atoms with Crippen molar-refractivity contribution in [3.8, 4) is 11.1 Å². The second-order valence-electron chi connectivity index (χ2n) is 10.8. The predicted molar refractivity (Wildman–Crippen MR) is 118 cm³/mol. The molecule has 0 spiro atoms. The molecule has 5 aliphatic rings. The fourth-order valence-electron chi connectivity index (χ4n) is 7.28. The highest BCUT2D eigenvalue weighted by atomic mass is 19.1. The van der Waals surface area contributed by atoms with Gasteiger partial charge in [0.25, 0.3) is 5.56 Å². The molecule has 3 aromatic rings. The summed E-state index contributed by atoms with van der Waals surface area (Å²) in [5.74, 6) is 1.89. The van der Waals surface area contributed by atoms with E-state index in [1.807, 2.05) is 0 Å². The summed E-state index contributed by atoms with van der Waals surface area (Å²) < 4.78 is 29.8. The molecule has 5 aliphatic carbocycles. The van der Waals surface area contributed by atoms with Crippen molar-refractivity contribution in [2.45, 2.75) is 62.8 Å². The highest BCUT2D eigenvalue weighted by Gasteiger charge is 2.51. The van der Waals surface area contributed by atoms with Gasteiger partial charge in [-0.05, 0) is 81.3 Å². The second-order valence-corrected chi connectivity index (χ2v) is 10.8. The molecule has 2 heterocycles. The Hall–Kier alpha value is -2.70. The first-order valence-electron chi connectivity index (χ1n) is 11.9. The number of nitrogens with zero attached hydrogens (tertiary/aromatic N) is 2. The van der Waals surface area contributed by atoms with Crippen LogP contribution in [0.2, 0.25) is 0 Å². The maximum atomic E-state index is 14.8. The fraction of sp³-hybridized carbons (Fsp3) is 0.520. The van der Waals surface area contributed by atoms with Gasteiger partial charge in [-0.25, -0.2) is 18.3 Å². The van der Waals surface area contributed by atoms with Gasteiger partial charge >= 0.3 is 0 Å². The smallest absolute Gasteiger partial charge is 0.274 e. The Morgan fingerprint density at radius 1 is 1.03 bits per heavy atom. The number of aromatic nitrogens is 3. The molecule has 0 radical (unpaired) electrons. The van der Waals surface area contributed by atoms with E-state index in [1.54, 1.807) is 6.07 Å². The first kappa shape index (κ1) is 18.8. The number of halogens is 2. The lowest BCUT2D eigenvalue weighted by Gasteiger charge is -2.57. The van der Waals surface area contributed by atoms with Gasteiger partial charge in [0.2, 0.25) is 0 Å². The van der Waals surface area contributed by atoms with Crippen molar-refractivity contribution in [1.29, 1.82) is 0 Å². The van der Waals surface area contributed by atoms with Crippen LogP contribution in [-0.2, 0) is 0 Å². The Morgan fingerprint density at radius 3 is 2.34 bits per heavy atom. The molecule has 32 heavy (non-hydrogen) atoms. The number of H-pyrrole nitrogens is 1. The third kappa shape index (κ3) is 2.86. The lowest BCUT2D eigenvalue weighted by molar-refractivity contribution is 0.0105. The molecule has 8 rings (SSSR count). The molecule has 2 N–H and O–H groups in total. The predicted octanol–water partition coefficient (Wildman–Crippen LogP) is 5.23. The van der Waals surface area contributed by atoms with Crippen LogP contribution in [0.15, 0.2) is 29.1 Å². The van der Waals surface area contributed by atoms with E-state index in [-0.39, 0.29) is 22.6 Å². The number of hydrogen-bond donors (Lipinski definition) is 2. The molecule has 1 aromatic carbocycles. The van der Waals surface area contributed by atoms with Crippen LogP contribution in [0, 0.1) is 29.4 Å². The quantitative estimate of drug-likeness (QED) is 0.589. The zero-order valence-electron chi connectivity index (χ0n) is 17.8. The standard InChI is InChI=1S/C25H26F2N4O/c26-17-3-4-18(19(27)8-17)22-23(16-1-2-16)30-31-21(32)9-20(28-24(22)31)29-25-10-13-5-14(11-25)7-15(6-13)12-25/h3-4,8-9,13-16,29-30H,1-2,5-7,10-12H2. The first-order chi connectivity index (χ1) is 15.5. The van der Waals surface area contributed by atoms with Gasteiger partial charge in [0.05, 0.1) is 5.56 Å². The van der Waals surface area contributed by atoms with E-state index >= 15 is 0 Å². The molecule has 5 nitrogen and oxygen atoms in total. The minimum absolute atomic E-state index is 0.0173. The van der Waals surface area contributed by atoms with Gasteiger partial charge in [-0.2, -0.15) is 0 Å². The van der Waals surface area contributed by atoms with Crippen molar-refractivity contribution < 1.29 is 8.78 Å². The van der Waals surface area contributed by atoms with Gasteiger partial charge in [-0.1, -0.05) is 0 Å². The molecule has 0 unspecified atom stereocenters. The lowest BCUT2D eigenvalue weighted by Crippen LogP contribution is -2.55. The summed E-state index contributed by atoms with van der Waals surface area (Å²) in [6.45, 7) is 0. The van der Waals surface area contributed by atoms with Gasteiger partial charge in [0, 0.05) is 34.8 Å². The number of benzene rings is 1. The molecule has 2 aromatic heterocycles. The summed E-state index contributed by atoms with van der Waals surface area (Å²) in [4.78, 5) is 17.9. The van der Waals surface area contributed by atoms with Crippen LogP contribution < -0.4 is 10.9 Å². The summed E-state index contributed by atoms with van der Waals surface area (Å²) in [6.07, 6.45) is 9.40. The van der Waals surface area contributed by atoms with Crippen molar-refractivity contribution in [2.75, 3.05) is 5.32 Å². The highest BCUT2D eigenvalue weighted by molar-refractivity contribution is 5.81. The first-order valence-corrected chi connectivity index (χ1v) is 11.9. The molecular formula is C25H26F2N4O. The minimum atomic E-state index is -0.637. The molecule has 166 valence electrons. The molecule has 4 bridgehead atoms. The Balaban J connectivity index is 1.36. The van der Waals surface area contributed by atoms with Gasteiger partial charge in [0.1, 0.15) is 17.5 Å². The van der Waals surface area contributed by atoms with Crippen molar-refractivity contribution in [1.82, 2.24) is 14.6 Å². The van der Waals surface area contributed by atoms with E-state index in [9.17, 15) is 13.6 Å². The van der Waals surface area contributed by atoms with Crippen LogP contribution >= 0.6 is 0 Å². The van der Waals surface area contributed by atoms with E-state index in [2.05, 4.69) is 10.4 Å². The second kappa shape index (κ2) is 6.42. The van der Waals surface area contributed by atoms with E-state index in [0.717, 1.165) is 61.6 Å². The van der Waals surface area contributed by atoms with Crippen molar-refractivity contribution in [3.05, 3.63) is 51.9 Å². The number of nitrogens with one attached hydrogen (secondary N) is 2. The monoisotopic (exact) mass is 436 g/mol. The normalized spacial score (nSPS) is 30.9. The van der Waals surface area contributed by atoms with E-state index in [4.69, 9.17) is 4.98 Å². The van der Waals surface area contributed by atoms with Crippen LogP contribution in [0.3, 0.4) is 0 Å². The summed E-state index contributed by atoms with van der Waals surface area (Å²) >= 11 is 0. The van der Waals surface area contributed by atoms with Crippen LogP contribution in [0.4, 0.5) is 14.6 Å². The van der Waals surface area contributed by atoms with Crippen LogP contribution in [-0.4, -0.2) is 20.1 Å². The molecule has 5 saturated carbocycles. The topological polar surface area (TPSA) is 62.2 Å². The third-order valence-corrected chi connectivity index (χ3v) is 8.26. The van der Waals surface area contributed by atoms with Gasteiger partial charge in [-0.3, -0.25) is 9.89 Å². The molecule has 0 amide bonds. The highest BCUT2D eigenvalue weighted by Crippen LogP contribution is 2.56. The number of hydrogen-bond acceptors (Lipinski definition) is 3. The van der Waals surface area contributed by atoms with E-state index < -0.39 is 11.6 Å². The van der Waals surface area contributed by atoms with Crippen LogP contribution in [0.25, 0.3) is 16.8 Å². The van der Waals surface area contributed by atoms with Gasteiger partial charge in [0.15, 0.2) is 5.65 Å². The Morgan fingerprint density at radius 2 is 1.72 bits per heavy atom. The number of aromatic amines is 1. The third-order valence-electron chi connectivity index (χ3n) is 8.26. The maximum absolute atomic E-state index is 14.8. The maximum Gasteiger partial charge on any atom is 0.274 e. The minimum Gasteiger partial charge on any atom is -0.364 e. The lowest BCUT2D eigenvalue weighted by atomic mass is 9.53. The number of fused-ring (bicyclic) bond motifs is 1. The van der Waals surface area contributed by atoms with Crippen molar-refractivity contribution in [3.63, 3.8) is 0 Å². The Labute approximate surface area is 184 Å². The Kier molecular flexibility index (Phi) is 3.78. The van der Waals surface area contributed by atoms with Crippen LogP contribution in [0.5, 0.6) is 0 Å². The van der Waals surface area contributed by atoms with E-state index in [1.165, 1.54) is 35.9 Å². The largest absolute Gasteiger partial charge is 0.364 e. The number of anilines is 1. The average Bonchev–Trinajstić information content (AvgIpc) is 3.48. The molecule has 5 fully saturated rings. The van der Waals surface area contributed by atoms with Gasteiger partial charge in [-0.15, -0.1) is 0 Å². The molecule has 7 heteroatoms.